The maximum atomic E-state index is 13.3. The van der Waals surface area contributed by atoms with Crippen LogP contribution in [0.4, 0.5) is 11.4 Å². The fourth-order valence-electron chi connectivity index (χ4n) is 5.56. The first-order chi connectivity index (χ1) is 18.3. The highest BCUT2D eigenvalue weighted by atomic mass is 16.5. The molecule has 1 heterocycles. The van der Waals surface area contributed by atoms with Crippen molar-refractivity contribution in [2.45, 2.75) is 39.0 Å². The largest absolute Gasteiger partial charge is 0.452 e. The van der Waals surface area contributed by atoms with Crippen molar-refractivity contribution in [2.75, 3.05) is 16.8 Å². The van der Waals surface area contributed by atoms with Crippen LogP contribution in [0.1, 0.15) is 52.2 Å². The van der Waals surface area contributed by atoms with Gasteiger partial charge in [0.25, 0.3) is 5.91 Å². The Bertz CT molecular complexity index is 1380. The molecular weight excluding hydrogens is 480 g/mol. The Hall–Kier alpha value is -4.26. The van der Waals surface area contributed by atoms with Gasteiger partial charge in [0.05, 0.1) is 23.1 Å². The third kappa shape index (κ3) is 5.09. The summed E-state index contributed by atoms with van der Waals surface area (Å²) in [5.74, 6) is -1.83. The molecule has 3 atom stereocenters. The summed E-state index contributed by atoms with van der Waals surface area (Å²) in [6.07, 6.45) is 2.21. The monoisotopic (exact) mass is 510 g/mol. The number of esters is 1. The number of nitrogens with one attached hydrogen (secondary N) is 1. The molecule has 1 saturated carbocycles. The SMILES string of the molecule is Cc1ccc(NC(=O)COC(=O)c2ccc(N3C(=O)[C@H]4C[C@@H](c5ccccc5)CC[C@H]4C3=O)cc2)c(C)c1. The summed E-state index contributed by atoms with van der Waals surface area (Å²) in [4.78, 5) is 52.4. The number of benzene rings is 3. The molecule has 0 bridgehead atoms. The summed E-state index contributed by atoms with van der Waals surface area (Å²) in [6.45, 7) is 3.43. The number of rotatable bonds is 6. The molecule has 1 N–H and O–H groups in total. The summed E-state index contributed by atoms with van der Waals surface area (Å²) >= 11 is 0. The first-order valence-corrected chi connectivity index (χ1v) is 12.9. The molecule has 7 heteroatoms. The van der Waals surface area contributed by atoms with Crippen molar-refractivity contribution in [2.24, 2.45) is 11.8 Å². The molecular formula is C31H30N2O5. The first kappa shape index (κ1) is 25.4. The Labute approximate surface area is 221 Å². The fraction of sp³-hybridized carbons (Fsp3) is 0.290. The van der Waals surface area contributed by atoms with Gasteiger partial charge in [-0.25, -0.2) is 4.79 Å². The highest BCUT2D eigenvalue weighted by molar-refractivity contribution is 6.22. The van der Waals surface area contributed by atoms with E-state index >= 15 is 0 Å². The molecule has 2 aliphatic rings. The van der Waals surface area contributed by atoms with E-state index in [1.165, 1.54) is 22.6 Å². The molecule has 7 nitrogen and oxygen atoms in total. The quantitative estimate of drug-likeness (QED) is 0.365. The van der Waals surface area contributed by atoms with Gasteiger partial charge in [0.1, 0.15) is 0 Å². The Morgan fingerprint density at radius 1 is 0.895 bits per heavy atom. The van der Waals surface area contributed by atoms with E-state index in [0.717, 1.165) is 17.5 Å². The number of hydrogen-bond donors (Lipinski definition) is 1. The average Bonchev–Trinajstić information content (AvgIpc) is 3.18. The van der Waals surface area contributed by atoms with E-state index in [9.17, 15) is 19.2 Å². The highest BCUT2D eigenvalue weighted by Crippen LogP contribution is 2.45. The normalized spacial score (nSPS) is 20.7. The lowest BCUT2D eigenvalue weighted by atomic mass is 9.73. The zero-order chi connectivity index (χ0) is 26.8. The summed E-state index contributed by atoms with van der Waals surface area (Å²) in [6, 6.07) is 22.0. The molecule has 1 saturated heterocycles. The molecule has 0 spiro atoms. The Kier molecular flexibility index (Phi) is 7.09. The molecule has 5 rings (SSSR count). The molecule has 194 valence electrons. The predicted octanol–water partition coefficient (Wildman–Crippen LogP) is 5.17. The molecule has 38 heavy (non-hydrogen) atoms. The standard InChI is InChI=1S/C31H30N2O5/c1-19-8-15-27(20(2)16-19)32-28(34)18-38-31(37)22-9-12-24(13-10-22)33-29(35)25-14-11-23(17-26(25)30(33)36)21-6-4-3-5-7-21/h3-10,12-13,15-16,23,25-26H,11,14,17-18H2,1-2H3,(H,32,34)/t23-,25+,26-/m0/s1. The average molecular weight is 511 g/mol. The lowest BCUT2D eigenvalue weighted by molar-refractivity contribution is -0.122. The topological polar surface area (TPSA) is 92.8 Å². The minimum Gasteiger partial charge on any atom is -0.452 e. The van der Waals surface area contributed by atoms with Crippen molar-refractivity contribution in [1.82, 2.24) is 0 Å². The minimum absolute atomic E-state index is 0.176. The maximum absolute atomic E-state index is 13.3. The van der Waals surface area contributed by atoms with Crippen LogP contribution < -0.4 is 10.2 Å². The minimum atomic E-state index is -0.661. The van der Waals surface area contributed by atoms with E-state index in [1.807, 2.05) is 50.2 Å². The number of nitrogens with zero attached hydrogens (tertiary/aromatic N) is 1. The number of anilines is 2. The van der Waals surface area contributed by atoms with Gasteiger partial charge in [-0.1, -0.05) is 48.0 Å². The number of amides is 3. The van der Waals surface area contributed by atoms with Crippen molar-refractivity contribution < 1.29 is 23.9 Å². The molecule has 3 aromatic carbocycles. The zero-order valence-corrected chi connectivity index (χ0v) is 21.5. The number of carbonyl (C=O) groups excluding carboxylic acids is 4. The molecule has 3 amide bonds. The lowest BCUT2D eigenvalue weighted by Crippen LogP contribution is -2.30. The van der Waals surface area contributed by atoms with Gasteiger partial charge in [0.2, 0.25) is 11.8 Å². The van der Waals surface area contributed by atoms with Crippen LogP contribution in [0.15, 0.2) is 72.8 Å². The molecule has 1 aliphatic carbocycles. The number of imide groups is 1. The molecule has 1 aliphatic heterocycles. The number of fused-ring (bicyclic) bond motifs is 1. The Morgan fingerprint density at radius 3 is 2.32 bits per heavy atom. The Morgan fingerprint density at radius 2 is 1.61 bits per heavy atom. The number of ether oxygens (including phenoxy) is 1. The van der Waals surface area contributed by atoms with E-state index in [-0.39, 0.29) is 35.1 Å². The highest BCUT2D eigenvalue weighted by Gasteiger charge is 2.50. The van der Waals surface area contributed by atoms with Crippen LogP contribution in [0.2, 0.25) is 0 Å². The van der Waals surface area contributed by atoms with E-state index in [1.54, 1.807) is 12.1 Å². The maximum Gasteiger partial charge on any atom is 0.338 e. The van der Waals surface area contributed by atoms with Gasteiger partial charge in [-0.3, -0.25) is 19.3 Å². The lowest BCUT2D eigenvalue weighted by Gasteiger charge is -2.28. The fourth-order valence-corrected chi connectivity index (χ4v) is 5.56. The van der Waals surface area contributed by atoms with Gasteiger partial charge < -0.3 is 10.1 Å². The van der Waals surface area contributed by atoms with Gasteiger partial charge in [-0.05, 0) is 80.5 Å². The van der Waals surface area contributed by atoms with E-state index in [2.05, 4.69) is 17.4 Å². The van der Waals surface area contributed by atoms with Crippen LogP contribution in [0.3, 0.4) is 0 Å². The van der Waals surface area contributed by atoms with Crippen LogP contribution >= 0.6 is 0 Å². The second kappa shape index (κ2) is 10.6. The van der Waals surface area contributed by atoms with Gasteiger partial charge in [0, 0.05) is 5.69 Å². The number of carbonyl (C=O) groups is 4. The zero-order valence-electron chi connectivity index (χ0n) is 21.5. The summed E-state index contributed by atoms with van der Waals surface area (Å²) in [5.41, 5.74) is 4.54. The Balaban J connectivity index is 1.20. The predicted molar refractivity (Wildman–Crippen MR) is 144 cm³/mol. The smallest absolute Gasteiger partial charge is 0.338 e. The van der Waals surface area contributed by atoms with Crippen LogP contribution in [0, 0.1) is 25.7 Å². The van der Waals surface area contributed by atoms with E-state index < -0.39 is 18.5 Å². The summed E-state index contributed by atoms with van der Waals surface area (Å²) in [5, 5.41) is 2.74. The van der Waals surface area contributed by atoms with Gasteiger partial charge in [-0.2, -0.15) is 0 Å². The summed E-state index contributed by atoms with van der Waals surface area (Å²) in [7, 11) is 0. The third-order valence-corrected chi connectivity index (χ3v) is 7.55. The van der Waals surface area contributed by atoms with Gasteiger partial charge in [-0.15, -0.1) is 0 Å². The number of hydrogen-bond acceptors (Lipinski definition) is 5. The molecule has 0 unspecified atom stereocenters. The van der Waals surface area contributed by atoms with Crippen molar-refractivity contribution in [3.63, 3.8) is 0 Å². The van der Waals surface area contributed by atoms with Crippen LogP contribution in [-0.4, -0.2) is 30.3 Å². The van der Waals surface area contributed by atoms with E-state index in [0.29, 0.717) is 24.2 Å². The van der Waals surface area contributed by atoms with Crippen LogP contribution in [0.25, 0.3) is 0 Å². The molecule has 0 aromatic heterocycles. The molecule has 3 aromatic rings. The van der Waals surface area contributed by atoms with Crippen molar-refractivity contribution in [3.05, 3.63) is 95.1 Å². The molecule has 2 fully saturated rings. The molecule has 0 radical (unpaired) electrons. The van der Waals surface area contributed by atoms with Crippen LogP contribution in [0.5, 0.6) is 0 Å². The van der Waals surface area contributed by atoms with Gasteiger partial charge >= 0.3 is 5.97 Å². The number of aryl methyl sites for hydroxylation is 2. The second-order valence-corrected chi connectivity index (χ2v) is 10.1. The van der Waals surface area contributed by atoms with Crippen molar-refractivity contribution in [1.29, 1.82) is 0 Å². The van der Waals surface area contributed by atoms with Crippen molar-refractivity contribution >= 4 is 35.1 Å². The summed E-state index contributed by atoms with van der Waals surface area (Å²) < 4.78 is 5.17. The first-order valence-electron chi connectivity index (χ1n) is 12.9. The second-order valence-electron chi connectivity index (χ2n) is 10.1. The van der Waals surface area contributed by atoms with Crippen molar-refractivity contribution in [3.8, 4) is 0 Å². The third-order valence-electron chi connectivity index (χ3n) is 7.55. The van der Waals surface area contributed by atoms with Gasteiger partial charge in [0.15, 0.2) is 6.61 Å². The van der Waals surface area contributed by atoms with Crippen LogP contribution in [-0.2, 0) is 19.1 Å². The van der Waals surface area contributed by atoms with E-state index in [4.69, 9.17) is 4.74 Å².